The highest BCUT2D eigenvalue weighted by atomic mass is 35.5. The van der Waals surface area contributed by atoms with E-state index < -0.39 is 0 Å². The summed E-state index contributed by atoms with van der Waals surface area (Å²) in [6, 6.07) is 0.423. The van der Waals surface area contributed by atoms with Crippen LogP contribution in [0.2, 0.25) is 0 Å². The topological polar surface area (TPSA) is 32.3 Å². The average Bonchev–Trinajstić information content (AvgIpc) is 2.69. The van der Waals surface area contributed by atoms with Crippen molar-refractivity contribution < 1.29 is 4.79 Å². The van der Waals surface area contributed by atoms with Gasteiger partial charge in [0.05, 0.1) is 0 Å². The van der Waals surface area contributed by atoms with Crippen molar-refractivity contribution >= 4 is 18.3 Å². The highest BCUT2D eigenvalue weighted by Gasteiger charge is 2.23. The number of likely N-dealkylation sites (N-methyl/N-ethyl adjacent to an activating group) is 1. The summed E-state index contributed by atoms with van der Waals surface area (Å²) in [6.45, 7) is 6.35. The Morgan fingerprint density at radius 1 is 1.56 bits per heavy atom. The van der Waals surface area contributed by atoms with Crippen LogP contribution in [0.3, 0.4) is 0 Å². The van der Waals surface area contributed by atoms with Gasteiger partial charge in [-0.2, -0.15) is 0 Å². The van der Waals surface area contributed by atoms with Crippen molar-refractivity contribution in [3.63, 3.8) is 0 Å². The van der Waals surface area contributed by atoms with E-state index in [2.05, 4.69) is 19.2 Å². The molecule has 1 aliphatic rings. The summed E-state index contributed by atoms with van der Waals surface area (Å²) >= 11 is 0. The lowest BCUT2D eigenvalue weighted by molar-refractivity contribution is -0.132. The molecule has 2 unspecified atom stereocenters. The Morgan fingerprint density at radius 2 is 2.25 bits per heavy atom. The van der Waals surface area contributed by atoms with E-state index in [1.807, 2.05) is 11.9 Å². The summed E-state index contributed by atoms with van der Waals surface area (Å²) in [6.07, 6.45) is 4.14. The molecule has 1 rings (SSSR count). The first-order valence-electron chi connectivity index (χ1n) is 6.11. The van der Waals surface area contributed by atoms with Crippen molar-refractivity contribution in [2.24, 2.45) is 5.92 Å². The molecule has 0 aliphatic carbocycles. The van der Waals surface area contributed by atoms with Gasteiger partial charge in [-0.3, -0.25) is 4.79 Å². The molecular weight excluding hydrogens is 224 g/mol. The third-order valence-corrected chi connectivity index (χ3v) is 3.28. The largest absolute Gasteiger partial charge is 0.341 e. The molecule has 96 valence electrons. The summed E-state index contributed by atoms with van der Waals surface area (Å²) in [5.74, 6) is 0.837. The second kappa shape index (κ2) is 7.91. The number of amides is 1. The lowest BCUT2D eigenvalue weighted by Crippen LogP contribution is -2.38. The van der Waals surface area contributed by atoms with Gasteiger partial charge >= 0.3 is 0 Å². The van der Waals surface area contributed by atoms with Crippen molar-refractivity contribution in [1.29, 1.82) is 0 Å². The van der Waals surface area contributed by atoms with Crippen LogP contribution in [0.15, 0.2) is 0 Å². The van der Waals surface area contributed by atoms with Crippen molar-refractivity contribution in [3.8, 4) is 0 Å². The molecule has 0 aromatic carbocycles. The fourth-order valence-electron chi connectivity index (χ4n) is 2.21. The standard InChI is InChI=1S/C12H24N2O.ClH/c1-4-5-10(2)8-12(15)14(3)11-6-7-13-9-11;/h10-11,13H,4-9H2,1-3H3;1H. The molecule has 16 heavy (non-hydrogen) atoms. The highest BCUT2D eigenvalue weighted by molar-refractivity contribution is 5.85. The quantitative estimate of drug-likeness (QED) is 0.808. The zero-order valence-corrected chi connectivity index (χ0v) is 11.5. The van der Waals surface area contributed by atoms with E-state index in [1.54, 1.807) is 0 Å². The third-order valence-electron chi connectivity index (χ3n) is 3.28. The van der Waals surface area contributed by atoms with Crippen LogP contribution in [-0.4, -0.2) is 37.0 Å². The summed E-state index contributed by atoms with van der Waals surface area (Å²) in [7, 11) is 1.94. The molecule has 1 N–H and O–H groups in total. The van der Waals surface area contributed by atoms with Gasteiger partial charge in [0.25, 0.3) is 0 Å². The zero-order valence-electron chi connectivity index (χ0n) is 10.7. The second-order valence-corrected chi connectivity index (χ2v) is 4.75. The van der Waals surface area contributed by atoms with Gasteiger partial charge in [-0.15, -0.1) is 12.4 Å². The van der Waals surface area contributed by atoms with Crippen LogP contribution >= 0.6 is 12.4 Å². The van der Waals surface area contributed by atoms with Crippen LogP contribution in [0.5, 0.6) is 0 Å². The summed E-state index contributed by atoms with van der Waals surface area (Å²) in [4.78, 5) is 13.9. The maximum Gasteiger partial charge on any atom is 0.222 e. The minimum atomic E-state index is 0. The Labute approximate surface area is 105 Å². The van der Waals surface area contributed by atoms with Gasteiger partial charge in [0.15, 0.2) is 0 Å². The smallest absolute Gasteiger partial charge is 0.222 e. The summed E-state index contributed by atoms with van der Waals surface area (Å²) in [5, 5.41) is 3.29. The van der Waals surface area contributed by atoms with Crippen LogP contribution < -0.4 is 5.32 Å². The monoisotopic (exact) mass is 248 g/mol. The lowest BCUT2D eigenvalue weighted by atomic mass is 10.0. The Hall–Kier alpha value is -0.280. The second-order valence-electron chi connectivity index (χ2n) is 4.75. The molecule has 4 heteroatoms. The predicted molar refractivity (Wildman–Crippen MR) is 70.0 cm³/mol. The van der Waals surface area contributed by atoms with E-state index in [4.69, 9.17) is 0 Å². The molecule has 0 bridgehead atoms. The third kappa shape index (κ3) is 4.71. The van der Waals surface area contributed by atoms with Gasteiger partial charge in [-0.05, 0) is 18.9 Å². The van der Waals surface area contributed by atoms with Crippen molar-refractivity contribution in [3.05, 3.63) is 0 Å². The van der Waals surface area contributed by atoms with Crippen LogP contribution in [-0.2, 0) is 4.79 Å². The number of halogens is 1. The SMILES string of the molecule is CCCC(C)CC(=O)N(C)C1CCNC1.Cl. The Morgan fingerprint density at radius 3 is 2.75 bits per heavy atom. The Balaban J connectivity index is 0.00000225. The van der Waals surface area contributed by atoms with Gasteiger partial charge in [-0.1, -0.05) is 26.7 Å². The number of rotatable bonds is 5. The molecule has 1 heterocycles. The molecule has 1 saturated heterocycles. The lowest BCUT2D eigenvalue weighted by Gasteiger charge is -2.25. The van der Waals surface area contributed by atoms with Gasteiger partial charge in [0.1, 0.15) is 0 Å². The fourth-order valence-corrected chi connectivity index (χ4v) is 2.21. The van der Waals surface area contributed by atoms with Crippen molar-refractivity contribution in [1.82, 2.24) is 10.2 Å². The van der Waals surface area contributed by atoms with Crippen LogP contribution in [0.4, 0.5) is 0 Å². The van der Waals surface area contributed by atoms with Gasteiger partial charge in [-0.25, -0.2) is 0 Å². The molecule has 1 fully saturated rings. The predicted octanol–water partition coefficient (Wildman–Crippen LogP) is 2.05. The molecule has 0 saturated carbocycles. The summed E-state index contributed by atoms with van der Waals surface area (Å²) < 4.78 is 0. The Kier molecular flexibility index (Phi) is 7.77. The molecule has 0 spiro atoms. The number of nitrogens with zero attached hydrogens (tertiary/aromatic N) is 1. The average molecular weight is 249 g/mol. The molecular formula is C12H25ClN2O. The Bertz CT molecular complexity index is 205. The highest BCUT2D eigenvalue weighted by Crippen LogP contribution is 2.14. The van der Waals surface area contributed by atoms with Gasteiger partial charge in [0.2, 0.25) is 5.91 Å². The van der Waals surface area contributed by atoms with E-state index in [9.17, 15) is 4.79 Å². The number of hydrogen-bond donors (Lipinski definition) is 1. The van der Waals surface area contributed by atoms with Crippen molar-refractivity contribution in [2.45, 2.75) is 45.6 Å². The zero-order chi connectivity index (χ0) is 11.3. The fraction of sp³-hybridized carbons (Fsp3) is 0.917. The maximum atomic E-state index is 11.9. The molecule has 3 nitrogen and oxygen atoms in total. The van der Waals surface area contributed by atoms with E-state index in [-0.39, 0.29) is 12.4 Å². The number of carbonyl (C=O) groups excluding carboxylic acids is 1. The van der Waals surface area contributed by atoms with Gasteiger partial charge in [0, 0.05) is 26.1 Å². The molecule has 2 atom stereocenters. The first-order valence-corrected chi connectivity index (χ1v) is 6.11. The van der Waals surface area contributed by atoms with Gasteiger partial charge < -0.3 is 10.2 Å². The first-order chi connectivity index (χ1) is 7.15. The van der Waals surface area contributed by atoms with Crippen LogP contribution in [0, 0.1) is 5.92 Å². The number of nitrogens with one attached hydrogen (secondary N) is 1. The van der Waals surface area contributed by atoms with E-state index >= 15 is 0 Å². The minimum absolute atomic E-state index is 0. The van der Waals surface area contributed by atoms with E-state index in [0.717, 1.165) is 25.9 Å². The summed E-state index contributed by atoms with van der Waals surface area (Å²) in [5.41, 5.74) is 0. The maximum absolute atomic E-state index is 11.9. The number of carbonyl (C=O) groups is 1. The molecule has 0 aromatic heterocycles. The molecule has 0 radical (unpaired) electrons. The van der Waals surface area contributed by atoms with E-state index in [0.29, 0.717) is 24.3 Å². The normalized spacial score (nSPS) is 21.3. The first kappa shape index (κ1) is 15.7. The molecule has 1 aliphatic heterocycles. The molecule has 1 amide bonds. The van der Waals surface area contributed by atoms with Crippen LogP contribution in [0.1, 0.15) is 39.5 Å². The number of hydrogen-bond acceptors (Lipinski definition) is 2. The van der Waals surface area contributed by atoms with Crippen LogP contribution in [0.25, 0.3) is 0 Å². The minimum Gasteiger partial charge on any atom is -0.341 e. The van der Waals surface area contributed by atoms with Crippen molar-refractivity contribution in [2.75, 3.05) is 20.1 Å². The molecule has 0 aromatic rings. The van der Waals surface area contributed by atoms with E-state index in [1.165, 1.54) is 6.42 Å².